The largest absolute Gasteiger partial charge is 0.292 e. The summed E-state index contributed by atoms with van der Waals surface area (Å²) in [5.41, 5.74) is 0. The Morgan fingerprint density at radius 2 is 2.33 bits per heavy atom. The van der Waals surface area contributed by atoms with Gasteiger partial charge in [-0.15, -0.1) is 6.58 Å². The van der Waals surface area contributed by atoms with Crippen molar-refractivity contribution in [3.8, 4) is 0 Å². The molecule has 0 aromatic rings. The molecule has 1 saturated heterocycles. The molecule has 0 bridgehead atoms. The molecule has 1 nitrogen and oxygen atoms in total. The zero-order valence-corrected chi connectivity index (χ0v) is 9.02. The summed E-state index contributed by atoms with van der Waals surface area (Å²) in [5, 5.41) is 0. The summed E-state index contributed by atoms with van der Waals surface area (Å²) in [6.45, 7) is 9.85. The van der Waals surface area contributed by atoms with Gasteiger partial charge in [-0.3, -0.25) is 4.90 Å². The zero-order valence-electron chi connectivity index (χ0n) is 7.43. The van der Waals surface area contributed by atoms with Crippen LogP contribution in [0.25, 0.3) is 0 Å². The lowest BCUT2D eigenvalue weighted by Crippen LogP contribution is -2.38. The maximum Gasteiger partial charge on any atom is 0.0299 e. The Kier molecular flexibility index (Phi) is 4.02. The van der Waals surface area contributed by atoms with Crippen LogP contribution in [0.15, 0.2) is 23.7 Å². The van der Waals surface area contributed by atoms with Crippen molar-refractivity contribution in [2.75, 3.05) is 13.1 Å². The van der Waals surface area contributed by atoms with Crippen molar-refractivity contribution in [1.29, 1.82) is 0 Å². The van der Waals surface area contributed by atoms with Gasteiger partial charge in [-0.05, 0) is 19.4 Å². The Hall–Kier alpha value is -0.0800. The minimum Gasteiger partial charge on any atom is -0.292 e. The summed E-state index contributed by atoms with van der Waals surface area (Å²) in [5.74, 6) is 0. The van der Waals surface area contributed by atoms with E-state index < -0.39 is 0 Å². The number of nitrogens with zero attached hydrogens (tertiary/aromatic N) is 1. The first kappa shape index (κ1) is 10.0. The molecule has 0 saturated carbocycles. The van der Waals surface area contributed by atoms with Gasteiger partial charge < -0.3 is 0 Å². The molecule has 0 amide bonds. The van der Waals surface area contributed by atoms with E-state index in [1.165, 1.54) is 25.8 Å². The van der Waals surface area contributed by atoms with Crippen LogP contribution in [0.4, 0.5) is 0 Å². The van der Waals surface area contributed by atoms with Crippen molar-refractivity contribution in [3.63, 3.8) is 0 Å². The van der Waals surface area contributed by atoms with E-state index >= 15 is 0 Å². The molecule has 1 aliphatic heterocycles. The molecule has 2 heteroatoms. The van der Waals surface area contributed by atoms with Crippen LogP contribution < -0.4 is 0 Å². The van der Waals surface area contributed by atoms with Gasteiger partial charge in [-0.2, -0.15) is 0 Å². The topological polar surface area (TPSA) is 3.24 Å². The molecule has 0 radical (unpaired) electrons. The van der Waals surface area contributed by atoms with Crippen LogP contribution in [-0.4, -0.2) is 24.0 Å². The standard InChI is InChI=1S/C10H16BrN/c1-3-10-6-4-5-7-12(10)8-9(2)11/h3,10H,1-2,4-8H2. The number of rotatable bonds is 3. The molecule has 1 atom stereocenters. The zero-order chi connectivity index (χ0) is 8.97. The van der Waals surface area contributed by atoms with Crippen molar-refractivity contribution in [3.05, 3.63) is 23.7 Å². The second-order valence-electron chi connectivity index (χ2n) is 3.29. The third-order valence-electron chi connectivity index (χ3n) is 2.31. The first-order valence-electron chi connectivity index (χ1n) is 4.44. The summed E-state index contributed by atoms with van der Waals surface area (Å²) >= 11 is 3.40. The number of hydrogen-bond donors (Lipinski definition) is 0. The molecule has 0 aromatic heterocycles. The average molecular weight is 230 g/mol. The normalized spacial score (nSPS) is 25.2. The molecule has 0 spiro atoms. The van der Waals surface area contributed by atoms with Crippen LogP contribution in [0.2, 0.25) is 0 Å². The highest BCUT2D eigenvalue weighted by Crippen LogP contribution is 2.19. The van der Waals surface area contributed by atoms with Crippen molar-refractivity contribution in [1.82, 2.24) is 4.90 Å². The monoisotopic (exact) mass is 229 g/mol. The average Bonchev–Trinajstić information content (AvgIpc) is 2.04. The van der Waals surface area contributed by atoms with Crippen LogP contribution in [0.3, 0.4) is 0 Å². The van der Waals surface area contributed by atoms with E-state index in [4.69, 9.17) is 0 Å². The second-order valence-corrected chi connectivity index (χ2v) is 4.41. The summed E-state index contributed by atoms with van der Waals surface area (Å²) in [6.07, 6.45) is 5.95. The number of halogens is 1. The van der Waals surface area contributed by atoms with Crippen molar-refractivity contribution in [2.45, 2.75) is 25.3 Å². The Bertz CT molecular complexity index is 177. The summed E-state index contributed by atoms with van der Waals surface area (Å²) in [4.78, 5) is 2.42. The molecule has 68 valence electrons. The van der Waals surface area contributed by atoms with Crippen molar-refractivity contribution < 1.29 is 0 Å². The van der Waals surface area contributed by atoms with Gasteiger partial charge in [0.15, 0.2) is 0 Å². The minimum absolute atomic E-state index is 0.563. The Morgan fingerprint density at radius 1 is 1.58 bits per heavy atom. The number of hydrogen-bond acceptors (Lipinski definition) is 1. The molecule has 1 heterocycles. The maximum absolute atomic E-state index is 3.86. The van der Waals surface area contributed by atoms with Gasteiger partial charge in [0.05, 0.1) is 0 Å². The molecule has 1 unspecified atom stereocenters. The van der Waals surface area contributed by atoms with E-state index in [0.717, 1.165) is 11.0 Å². The Labute approximate surface area is 83.3 Å². The van der Waals surface area contributed by atoms with Crippen LogP contribution in [0, 0.1) is 0 Å². The number of likely N-dealkylation sites (tertiary alicyclic amines) is 1. The van der Waals surface area contributed by atoms with Gasteiger partial charge in [0.1, 0.15) is 0 Å². The van der Waals surface area contributed by atoms with Crippen LogP contribution in [-0.2, 0) is 0 Å². The van der Waals surface area contributed by atoms with Crippen molar-refractivity contribution >= 4 is 15.9 Å². The lowest BCUT2D eigenvalue weighted by Gasteiger charge is -2.33. The fourth-order valence-corrected chi connectivity index (χ4v) is 2.02. The third-order valence-corrected chi connectivity index (χ3v) is 2.56. The van der Waals surface area contributed by atoms with Crippen LogP contribution in [0.5, 0.6) is 0 Å². The first-order valence-corrected chi connectivity index (χ1v) is 5.23. The van der Waals surface area contributed by atoms with Crippen LogP contribution in [0.1, 0.15) is 19.3 Å². The van der Waals surface area contributed by atoms with Crippen LogP contribution >= 0.6 is 15.9 Å². The van der Waals surface area contributed by atoms with E-state index in [1.807, 2.05) is 0 Å². The van der Waals surface area contributed by atoms with E-state index in [9.17, 15) is 0 Å². The quantitative estimate of drug-likeness (QED) is 0.674. The van der Waals surface area contributed by atoms with E-state index in [1.54, 1.807) is 0 Å². The molecule has 1 rings (SSSR count). The summed E-state index contributed by atoms with van der Waals surface area (Å²) < 4.78 is 1.07. The second kappa shape index (κ2) is 4.83. The fraction of sp³-hybridized carbons (Fsp3) is 0.600. The predicted molar refractivity (Wildman–Crippen MR) is 57.5 cm³/mol. The highest BCUT2D eigenvalue weighted by molar-refractivity contribution is 9.11. The molecular weight excluding hydrogens is 214 g/mol. The molecule has 0 N–H and O–H groups in total. The minimum atomic E-state index is 0.563. The third kappa shape index (κ3) is 2.76. The highest BCUT2D eigenvalue weighted by Gasteiger charge is 2.18. The SMILES string of the molecule is C=CC1CCCCN1CC(=C)Br. The lowest BCUT2D eigenvalue weighted by molar-refractivity contribution is 0.199. The predicted octanol–water partition coefficient (Wildman–Crippen LogP) is 2.94. The molecule has 0 aliphatic carbocycles. The fourth-order valence-electron chi connectivity index (χ4n) is 1.70. The van der Waals surface area contributed by atoms with Gasteiger partial charge in [-0.25, -0.2) is 0 Å². The van der Waals surface area contributed by atoms with E-state index in [-0.39, 0.29) is 0 Å². The molecule has 1 fully saturated rings. The Balaban J connectivity index is 2.46. The molecule has 12 heavy (non-hydrogen) atoms. The molecule has 0 aromatic carbocycles. The van der Waals surface area contributed by atoms with Gasteiger partial charge in [0.25, 0.3) is 0 Å². The van der Waals surface area contributed by atoms with Gasteiger partial charge >= 0.3 is 0 Å². The van der Waals surface area contributed by atoms with E-state index in [2.05, 4.69) is 40.1 Å². The summed E-state index contributed by atoms with van der Waals surface area (Å²) in [6, 6.07) is 0.563. The molecule has 1 aliphatic rings. The summed E-state index contributed by atoms with van der Waals surface area (Å²) in [7, 11) is 0. The first-order chi connectivity index (χ1) is 5.74. The molecular formula is C10H16BrN. The van der Waals surface area contributed by atoms with Gasteiger partial charge in [-0.1, -0.05) is 35.0 Å². The lowest BCUT2D eigenvalue weighted by atomic mass is 10.0. The Morgan fingerprint density at radius 3 is 2.92 bits per heavy atom. The van der Waals surface area contributed by atoms with E-state index in [0.29, 0.717) is 6.04 Å². The van der Waals surface area contributed by atoms with Gasteiger partial charge in [0, 0.05) is 17.1 Å². The van der Waals surface area contributed by atoms with Gasteiger partial charge in [0.2, 0.25) is 0 Å². The van der Waals surface area contributed by atoms with Crippen molar-refractivity contribution in [2.24, 2.45) is 0 Å². The smallest absolute Gasteiger partial charge is 0.0299 e. The number of piperidine rings is 1. The highest BCUT2D eigenvalue weighted by atomic mass is 79.9. The maximum atomic E-state index is 3.86.